The lowest BCUT2D eigenvalue weighted by Gasteiger charge is -2.18. The van der Waals surface area contributed by atoms with Crippen molar-refractivity contribution in [3.8, 4) is 5.75 Å². The molecule has 1 amide bonds. The predicted molar refractivity (Wildman–Crippen MR) is 86.1 cm³/mol. The van der Waals surface area contributed by atoms with E-state index in [-0.39, 0.29) is 18.1 Å². The molecule has 2 N–H and O–H groups in total. The van der Waals surface area contributed by atoms with Crippen LogP contribution >= 0.6 is 15.9 Å². The van der Waals surface area contributed by atoms with Gasteiger partial charge in [0.05, 0.1) is 12.0 Å². The number of rotatable bonds is 5. The van der Waals surface area contributed by atoms with E-state index in [4.69, 9.17) is 4.74 Å². The van der Waals surface area contributed by atoms with Gasteiger partial charge in [-0.2, -0.15) is 0 Å². The van der Waals surface area contributed by atoms with E-state index in [0.29, 0.717) is 24.2 Å². The Kier molecular flexibility index (Phi) is 5.45. The molecule has 120 valence electrons. The molecule has 2 atom stereocenters. The molecule has 0 aromatic heterocycles. The lowest BCUT2D eigenvalue weighted by atomic mass is 10.0. The number of carboxylic acid groups (broad SMARTS) is 1. The Morgan fingerprint density at radius 2 is 2.05 bits per heavy atom. The lowest BCUT2D eigenvalue weighted by molar-refractivity contribution is -0.142. The van der Waals surface area contributed by atoms with Gasteiger partial charge in [0, 0.05) is 16.1 Å². The first-order valence-electron chi connectivity index (χ1n) is 7.37. The highest BCUT2D eigenvalue weighted by Gasteiger charge is 2.34. The van der Waals surface area contributed by atoms with Crippen molar-refractivity contribution in [3.05, 3.63) is 28.2 Å². The molecule has 0 spiro atoms. The molecule has 0 unspecified atom stereocenters. The molecular formula is C16H20BrNO4. The minimum Gasteiger partial charge on any atom is -0.491 e. The maximum absolute atomic E-state index is 12.4. The molecule has 1 aliphatic rings. The first-order valence-corrected chi connectivity index (χ1v) is 8.17. The third-order valence-electron chi connectivity index (χ3n) is 3.65. The second kappa shape index (κ2) is 7.13. The van der Waals surface area contributed by atoms with Gasteiger partial charge in [-0.15, -0.1) is 0 Å². The van der Waals surface area contributed by atoms with Gasteiger partial charge in [-0.3, -0.25) is 9.59 Å². The van der Waals surface area contributed by atoms with Gasteiger partial charge in [0.25, 0.3) is 5.91 Å². The fourth-order valence-corrected chi connectivity index (χ4v) is 3.19. The fraction of sp³-hybridized carbons (Fsp3) is 0.500. The number of carboxylic acids is 1. The van der Waals surface area contributed by atoms with Crippen LogP contribution in [-0.2, 0) is 4.79 Å². The van der Waals surface area contributed by atoms with E-state index < -0.39 is 11.9 Å². The van der Waals surface area contributed by atoms with Crippen LogP contribution in [0.5, 0.6) is 5.75 Å². The maximum atomic E-state index is 12.4. The quantitative estimate of drug-likeness (QED) is 0.835. The van der Waals surface area contributed by atoms with Crippen LogP contribution in [0, 0.1) is 5.92 Å². The Hall–Kier alpha value is -1.56. The van der Waals surface area contributed by atoms with Crippen LogP contribution in [0.15, 0.2) is 22.7 Å². The van der Waals surface area contributed by atoms with E-state index in [2.05, 4.69) is 21.2 Å². The van der Waals surface area contributed by atoms with Crippen molar-refractivity contribution in [1.29, 1.82) is 0 Å². The number of hydrogen-bond acceptors (Lipinski definition) is 3. The van der Waals surface area contributed by atoms with Crippen LogP contribution in [0.1, 0.15) is 43.5 Å². The average molecular weight is 370 g/mol. The van der Waals surface area contributed by atoms with Crippen molar-refractivity contribution in [1.82, 2.24) is 5.32 Å². The van der Waals surface area contributed by atoms with E-state index in [1.807, 2.05) is 13.8 Å². The minimum absolute atomic E-state index is 0.0106. The normalized spacial score (nSPS) is 20.9. The highest BCUT2D eigenvalue weighted by atomic mass is 79.9. The molecule has 1 saturated carbocycles. The Balaban J connectivity index is 2.12. The zero-order valence-electron chi connectivity index (χ0n) is 12.6. The zero-order valence-corrected chi connectivity index (χ0v) is 14.2. The van der Waals surface area contributed by atoms with Crippen molar-refractivity contribution in [3.63, 3.8) is 0 Å². The first-order chi connectivity index (χ1) is 10.4. The molecule has 6 heteroatoms. The molecule has 0 saturated heterocycles. The van der Waals surface area contributed by atoms with E-state index in [1.54, 1.807) is 18.2 Å². The molecule has 2 rings (SSSR count). The Morgan fingerprint density at radius 1 is 1.32 bits per heavy atom. The highest BCUT2D eigenvalue weighted by Crippen LogP contribution is 2.27. The van der Waals surface area contributed by atoms with Crippen molar-refractivity contribution < 1.29 is 19.4 Å². The van der Waals surface area contributed by atoms with Crippen molar-refractivity contribution >= 4 is 27.8 Å². The van der Waals surface area contributed by atoms with E-state index >= 15 is 0 Å². The molecule has 0 aliphatic heterocycles. The zero-order chi connectivity index (χ0) is 16.3. The molecule has 1 aromatic carbocycles. The smallest absolute Gasteiger partial charge is 0.308 e. The summed E-state index contributed by atoms with van der Waals surface area (Å²) in [5, 5.41) is 12.0. The van der Waals surface area contributed by atoms with E-state index in [1.165, 1.54) is 0 Å². The van der Waals surface area contributed by atoms with Gasteiger partial charge in [0.1, 0.15) is 5.75 Å². The fourth-order valence-electron chi connectivity index (χ4n) is 2.71. The number of hydrogen-bond donors (Lipinski definition) is 2. The summed E-state index contributed by atoms with van der Waals surface area (Å²) in [5.74, 6) is -1.01. The standard InChI is InChI=1S/C16H20BrNO4/c1-9(2)22-12-7-10(6-11(17)8-12)15(19)18-14-5-3-4-13(14)16(20)21/h6-9,13-14H,3-5H2,1-2H3,(H,18,19)(H,20,21)/t13-,14+/m0/s1. The van der Waals surface area contributed by atoms with Gasteiger partial charge < -0.3 is 15.2 Å². The summed E-state index contributed by atoms with van der Waals surface area (Å²) in [7, 11) is 0. The second-order valence-corrected chi connectivity index (χ2v) is 6.71. The van der Waals surface area contributed by atoms with Gasteiger partial charge >= 0.3 is 5.97 Å². The summed E-state index contributed by atoms with van der Waals surface area (Å²) < 4.78 is 6.36. The molecule has 0 radical (unpaired) electrons. The summed E-state index contributed by atoms with van der Waals surface area (Å²) in [6.07, 6.45) is 2.14. The Labute approximate surface area is 138 Å². The van der Waals surface area contributed by atoms with Crippen LogP contribution in [0.2, 0.25) is 0 Å². The first kappa shape index (κ1) is 16.8. The summed E-state index contributed by atoms with van der Waals surface area (Å²) in [4.78, 5) is 23.6. The maximum Gasteiger partial charge on any atom is 0.308 e. The van der Waals surface area contributed by atoms with Crippen LogP contribution in [0.3, 0.4) is 0 Å². The third kappa shape index (κ3) is 4.22. The summed E-state index contributed by atoms with van der Waals surface area (Å²) in [5.41, 5.74) is 0.459. The summed E-state index contributed by atoms with van der Waals surface area (Å²) in [6, 6.07) is 4.86. The van der Waals surface area contributed by atoms with Gasteiger partial charge in [-0.05, 0) is 44.9 Å². The topological polar surface area (TPSA) is 75.6 Å². The monoisotopic (exact) mass is 369 g/mol. The number of halogens is 1. The molecule has 0 heterocycles. The molecule has 1 aromatic rings. The van der Waals surface area contributed by atoms with E-state index in [0.717, 1.165) is 10.9 Å². The number of nitrogens with one attached hydrogen (secondary N) is 1. The number of ether oxygens (including phenoxy) is 1. The number of amides is 1. The van der Waals surface area contributed by atoms with Gasteiger partial charge in [0.2, 0.25) is 0 Å². The van der Waals surface area contributed by atoms with Crippen molar-refractivity contribution in [2.75, 3.05) is 0 Å². The molecule has 22 heavy (non-hydrogen) atoms. The van der Waals surface area contributed by atoms with Gasteiger partial charge in [0.15, 0.2) is 0 Å². The Bertz CT molecular complexity index is 573. The second-order valence-electron chi connectivity index (χ2n) is 5.80. The highest BCUT2D eigenvalue weighted by molar-refractivity contribution is 9.10. The summed E-state index contributed by atoms with van der Waals surface area (Å²) in [6.45, 7) is 3.83. The van der Waals surface area contributed by atoms with Crippen molar-refractivity contribution in [2.45, 2.75) is 45.3 Å². The number of aliphatic carboxylic acids is 1. The van der Waals surface area contributed by atoms with Crippen LogP contribution in [-0.4, -0.2) is 29.1 Å². The number of carbonyl (C=O) groups is 2. The Morgan fingerprint density at radius 3 is 2.68 bits per heavy atom. The van der Waals surface area contributed by atoms with Gasteiger partial charge in [-0.1, -0.05) is 22.4 Å². The predicted octanol–water partition coefficient (Wildman–Crippen LogP) is 3.22. The molecule has 5 nitrogen and oxygen atoms in total. The largest absolute Gasteiger partial charge is 0.491 e. The number of carbonyl (C=O) groups excluding carboxylic acids is 1. The van der Waals surface area contributed by atoms with Crippen LogP contribution in [0.25, 0.3) is 0 Å². The average Bonchev–Trinajstić information content (AvgIpc) is 2.85. The van der Waals surface area contributed by atoms with Gasteiger partial charge in [-0.25, -0.2) is 0 Å². The minimum atomic E-state index is -0.846. The van der Waals surface area contributed by atoms with Crippen LogP contribution < -0.4 is 10.1 Å². The third-order valence-corrected chi connectivity index (χ3v) is 4.11. The lowest BCUT2D eigenvalue weighted by Crippen LogP contribution is -2.40. The number of benzene rings is 1. The SMILES string of the molecule is CC(C)Oc1cc(Br)cc(C(=O)N[C@@H]2CCC[C@@H]2C(=O)O)c1. The summed E-state index contributed by atoms with van der Waals surface area (Å²) >= 11 is 3.36. The van der Waals surface area contributed by atoms with E-state index in [9.17, 15) is 14.7 Å². The molecule has 1 aliphatic carbocycles. The van der Waals surface area contributed by atoms with Crippen molar-refractivity contribution in [2.24, 2.45) is 5.92 Å². The van der Waals surface area contributed by atoms with Crippen LogP contribution in [0.4, 0.5) is 0 Å². The molecule has 0 bridgehead atoms. The molecule has 1 fully saturated rings. The molecular weight excluding hydrogens is 350 g/mol.